The van der Waals surface area contributed by atoms with E-state index >= 15 is 0 Å². The van der Waals surface area contributed by atoms with Gasteiger partial charge < -0.3 is 9.80 Å². The highest BCUT2D eigenvalue weighted by Gasteiger charge is 2.32. The molecule has 0 atom stereocenters. The van der Waals surface area contributed by atoms with E-state index < -0.39 is 10.0 Å². The van der Waals surface area contributed by atoms with Gasteiger partial charge in [0.1, 0.15) is 10.7 Å². The van der Waals surface area contributed by atoms with Crippen LogP contribution in [0.3, 0.4) is 0 Å². The van der Waals surface area contributed by atoms with Crippen LogP contribution in [0.4, 0.5) is 5.13 Å². The average molecular weight is 377 g/mol. The second-order valence-electron chi connectivity index (χ2n) is 6.06. The van der Waals surface area contributed by atoms with Crippen molar-refractivity contribution in [3.63, 3.8) is 0 Å². The van der Waals surface area contributed by atoms with E-state index in [0.29, 0.717) is 22.8 Å². The number of aryl methyl sites for hydroxylation is 1. The van der Waals surface area contributed by atoms with Crippen LogP contribution in [0.5, 0.6) is 0 Å². The molecule has 0 amide bonds. The summed E-state index contributed by atoms with van der Waals surface area (Å²) >= 11 is 1.43. The van der Waals surface area contributed by atoms with Gasteiger partial charge in [-0.3, -0.25) is 0 Å². The fourth-order valence-corrected chi connectivity index (χ4v) is 5.18. The lowest BCUT2D eigenvalue weighted by Gasteiger charge is -2.23. The van der Waals surface area contributed by atoms with E-state index in [1.165, 1.54) is 11.5 Å². The number of aromatic nitrogens is 2. The van der Waals surface area contributed by atoms with Crippen molar-refractivity contribution < 1.29 is 8.42 Å². The molecule has 0 N–H and O–H groups in total. The van der Waals surface area contributed by atoms with Crippen LogP contribution < -0.4 is 4.90 Å². The van der Waals surface area contributed by atoms with Crippen LogP contribution in [0, 0.1) is 0 Å². The molecule has 2 aliphatic heterocycles. The number of anilines is 1. The number of rotatable bonds is 2. The van der Waals surface area contributed by atoms with Crippen molar-refractivity contribution in [3.05, 3.63) is 35.7 Å². The van der Waals surface area contributed by atoms with Gasteiger partial charge in [0.25, 0.3) is 10.0 Å². The van der Waals surface area contributed by atoms with Crippen molar-refractivity contribution in [3.8, 4) is 0 Å². The van der Waals surface area contributed by atoms with Gasteiger partial charge in [0, 0.05) is 49.7 Å². The molecule has 0 spiro atoms. The summed E-state index contributed by atoms with van der Waals surface area (Å²) in [5.41, 5.74) is 0.708. The SMILES string of the molecule is CCc1nsc(N2CCCN(C3=NS(=O)(=O)c4ccccc43)CC2)n1. The second-order valence-corrected chi connectivity index (χ2v) is 8.36. The zero-order chi connectivity index (χ0) is 17.4. The van der Waals surface area contributed by atoms with Crippen LogP contribution >= 0.6 is 11.5 Å². The zero-order valence-corrected chi connectivity index (χ0v) is 15.6. The summed E-state index contributed by atoms with van der Waals surface area (Å²) in [6, 6.07) is 7.05. The smallest absolute Gasteiger partial charge is 0.285 e. The minimum absolute atomic E-state index is 0.308. The Morgan fingerprint density at radius 3 is 2.68 bits per heavy atom. The maximum Gasteiger partial charge on any atom is 0.285 e. The van der Waals surface area contributed by atoms with Gasteiger partial charge in [-0.05, 0) is 18.6 Å². The average Bonchev–Trinajstić information content (AvgIpc) is 3.10. The van der Waals surface area contributed by atoms with E-state index in [4.69, 9.17) is 0 Å². The molecular weight excluding hydrogens is 358 g/mol. The van der Waals surface area contributed by atoms with E-state index in [-0.39, 0.29) is 0 Å². The molecule has 0 aliphatic carbocycles. The predicted molar refractivity (Wildman–Crippen MR) is 97.9 cm³/mol. The minimum Gasteiger partial charge on any atom is -0.354 e. The molecule has 4 rings (SSSR count). The number of benzene rings is 1. The third-order valence-corrected chi connectivity index (χ3v) is 6.59. The number of fused-ring (bicyclic) bond motifs is 1. The molecule has 1 aromatic carbocycles. The van der Waals surface area contributed by atoms with E-state index in [1.807, 2.05) is 19.1 Å². The summed E-state index contributed by atoms with van der Waals surface area (Å²) in [6.07, 6.45) is 1.75. The van der Waals surface area contributed by atoms with Gasteiger partial charge in [-0.25, -0.2) is 4.98 Å². The Morgan fingerprint density at radius 1 is 1.12 bits per heavy atom. The second kappa shape index (κ2) is 6.38. The molecule has 7 nitrogen and oxygen atoms in total. The molecule has 0 bridgehead atoms. The van der Waals surface area contributed by atoms with Gasteiger partial charge in [-0.15, -0.1) is 4.40 Å². The highest BCUT2D eigenvalue weighted by molar-refractivity contribution is 7.90. The van der Waals surface area contributed by atoms with Gasteiger partial charge >= 0.3 is 0 Å². The maximum absolute atomic E-state index is 12.3. The first-order chi connectivity index (χ1) is 12.1. The fraction of sp³-hybridized carbons (Fsp3) is 0.438. The fourth-order valence-electron chi connectivity index (χ4n) is 3.15. The quantitative estimate of drug-likeness (QED) is 0.794. The summed E-state index contributed by atoms with van der Waals surface area (Å²) in [4.78, 5) is 9.18. The van der Waals surface area contributed by atoms with Gasteiger partial charge in [0.05, 0.1) is 0 Å². The molecular formula is C16H19N5O2S2. The molecule has 1 saturated heterocycles. The first-order valence-corrected chi connectivity index (χ1v) is 10.6. The number of nitrogens with zero attached hydrogens (tertiary/aromatic N) is 5. The summed E-state index contributed by atoms with van der Waals surface area (Å²) in [5, 5.41) is 0.945. The molecule has 2 aliphatic rings. The third-order valence-electron chi connectivity index (χ3n) is 4.45. The summed E-state index contributed by atoms with van der Waals surface area (Å²) in [6.45, 7) is 5.20. The van der Waals surface area contributed by atoms with Gasteiger partial charge in [-0.2, -0.15) is 12.8 Å². The zero-order valence-electron chi connectivity index (χ0n) is 13.9. The molecule has 0 unspecified atom stereocenters. The van der Waals surface area contributed by atoms with Crippen molar-refractivity contribution in [1.29, 1.82) is 0 Å². The van der Waals surface area contributed by atoms with Gasteiger partial charge in [0.2, 0.25) is 5.13 Å². The molecule has 132 valence electrons. The predicted octanol–water partition coefficient (Wildman–Crippen LogP) is 1.76. The minimum atomic E-state index is -3.57. The monoisotopic (exact) mass is 377 g/mol. The van der Waals surface area contributed by atoms with E-state index in [2.05, 4.69) is 23.6 Å². The Bertz CT molecular complexity index is 922. The van der Waals surface area contributed by atoms with Crippen LogP contribution in [-0.4, -0.2) is 54.7 Å². The summed E-state index contributed by atoms with van der Waals surface area (Å²) in [5.74, 6) is 1.45. The van der Waals surface area contributed by atoms with Crippen molar-refractivity contribution in [2.24, 2.45) is 4.40 Å². The maximum atomic E-state index is 12.3. The molecule has 0 saturated carbocycles. The molecule has 2 aromatic rings. The number of hydrogen-bond donors (Lipinski definition) is 0. The summed E-state index contributed by atoms with van der Waals surface area (Å²) in [7, 11) is -3.57. The molecule has 1 aromatic heterocycles. The summed E-state index contributed by atoms with van der Waals surface area (Å²) < 4.78 is 32.9. The largest absolute Gasteiger partial charge is 0.354 e. The normalized spacial score (nSPS) is 19.5. The first kappa shape index (κ1) is 16.5. The van der Waals surface area contributed by atoms with Crippen molar-refractivity contribution in [2.75, 3.05) is 31.1 Å². The first-order valence-electron chi connectivity index (χ1n) is 8.35. The van der Waals surface area contributed by atoms with Crippen molar-refractivity contribution >= 4 is 32.5 Å². The van der Waals surface area contributed by atoms with Crippen LogP contribution in [0.2, 0.25) is 0 Å². The van der Waals surface area contributed by atoms with Gasteiger partial charge in [0.15, 0.2) is 5.84 Å². The van der Waals surface area contributed by atoms with Crippen LogP contribution in [-0.2, 0) is 16.4 Å². The van der Waals surface area contributed by atoms with Crippen LogP contribution in [0.15, 0.2) is 33.6 Å². The topological polar surface area (TPSA) is 78.8 Å². The van der Waals surface area contributed by atoms with Crippen molar-refractivity contribution in [2.45, 2.75) is 24.7 Å². The van der Waals surface area contributed by atoms with Gasteiger partial charge in [-0.1, -0.05) is 19.1 Å². The highest BCUT2D eigenvalue weighted by Crippen LogP contribution is 2.28. The standard InChI is InChI=1S/C16H19N5O2S2/c1-2-14-17-16(24-18-14)21-9-5-8-20(10-11-21)15-12-6-3-4-7-13(12)25(22,23)19-15/h3-4,6-7H,2,5,8-11H2,1H3. The molecule has 0 radical (unpaired) electrons. The lowest BCUT2D eigenvalue weighted by atomic mass is 10.2. The van der Waals surface area contributed by atoms with Crippen molar-refractivity contribution in [1.82, 2.24) is 14.3 Å². The van der Waals surface area contributed by atoms with E-state index in [1.54, 1.807) is 12.1 Å². The lowest BCUT2D eigenvalue weighted by molar-refractivity contribution is 0.450. The molecule has 25 heavy (non-hydrogen) atoms. The number of hydrogen-bond acceptors (Lipinski definition) is 7. The van der Waals surface area contributed by atoms with E-state index in [9.17, 15) is 8.42 Å². The Balaban J connectivity index is 1.56. The Kier molecular flexibility index (Phi) is 4.20. The number of amidine groups is 1. The van der Waals surface area contributed by atoms with E-state index in [0.717, 1.165) is 43.4 Å². The third kappa shape index (κ3) is 3.02. The molecule has 9 heteroatoms. The molecule has 3 heterocycles. The van der Waals surface area contributed by atoms with Crippen LogP contribution in [0.25, 0.3) is 0 Å². The van der Waals surface area contributed by atoms with Crippen LogP contribution in [0.1, 0.15) is 24.7 Å². The Hall–Kier alpha value is -2.00. The lowest BCUT2D eigenvalue weighted by Crippen LogP contribution is -2.35. The Morgan fingerprint density at radius 2 is 1.88 bits per heavy atom. The number of sulfonamides is 1. The Labute approximate surface area is 151 Å². The molecule has 1 fully saturated rings. The highest BCUT2D eigenvalue weighted by atomic mass is 32.2.